The van der Waals surface area contributed by atoms with Gasteiger partial charge in [-0.15, -0.1) is 0 Å². The summed E-state index contributed by atoms with van der Waals surface area (Å²) < 4.78 is 36.9. The van der Waals surface area contributed by atoms with E-state index in [2.05, 4.69) is 0 Å². The maximum atomic E-state index is 13.9. The van der Waals surface area contributed by atoms with E-state index in [9.17, 15) is 17.6 Å². The fraction of sp³-hybridized carbons (Fsp3) is 0.316. The first-order valence-corrected chi connectivity index (χ1v) is 10.2. The molecule has 0 bridgehead atoms. The van der Waals surface area contributed by atoms with Crippen LogP contribution in [-0.4, -0.2) is 31.5 Å². The van der Waals surface area contributed by atoms with Gasteiger partial charge in [-0.25, -0.2) is 12.8 Å². The first-order valence-electron chi connectivity index (χ1n) is 8.14. The van der Waals surface area contributed by atoms with Gasteiger partial charge in [0, 0.05) is 30.0 Å². The zero-order chi connectivity index (χ0) is 18.0. The molecule has 132 valence electrons. The summed E-state index contributed by atoms with van der Waals surface area (Å²) in [7, 11) is -3.17. The molecule has 2 aromatic carbocycles. The molecule has 4 nitrogen and oxygen atoms in total. The van der Waals surface area contributed by atoms with Gasteiger partial charge in [-0.3, -0.25) is 4.79 Å². The second-order valence-electron chi connectivity index (χ2n) is 6.53. The minimum atomic E-state index is -3.17. The summed E-state index contributed by atoms with van der Waals surface area (Å²) >= 11 is 0. The van der Waals surface area contributed by atoms with Crippen molar-refractivity contribution in [3.8, 4) is 0 Å². The Morgan fingerprint density at radius 3 is 2.52 bits per heavy atom. The first kappa shape index (κ1) is 17.6. The summed E-state index contributed by atoms with van der Waals surface area (Å²) in [4.78, 5) is 14.6. The SMILES string of the molecule is CS(=O)(=O)Cc1cccc(C(=O)N(Cc2ccccc2F)C2CC2)c1. The maximum absolute atomic E-state index is 13.9. The number of halogens is 1. The lowest BCUT2D eigenvalue weighted by molar-refractivity contribution is 0.0728. The number of carbonyl (C=O) groups excluding carboxylic acids is 1. The van der Waals surface area contributed by atoms with Gasteiger partial charge in [-0.2, -0.15) is 0 Å². The topological polar surface area (TPSA) is 54.5 Å². The standard InChI is InChI=1S/C19H20FNO3S/c1-25(23,24)13-14-5-4-7-15(11-14)19(22)21(17-9-10-17)12-16-6-2-3-8-18(16)20/h2-8,11,17H,9-10,12-13H2,1H3. The summed E-state index contributed by atoms with van der Waals surface area (Å²) in [6.45, 7) is 0.215. The van der Waals surface area contributed by atoms with Crippen molar-refractivity contribution in [3.05, 3.63) is 71.0 Å². The van der Waals surface area contributed by atoms with Gasteiger partial charge >= 0.3 is 0 Å². The molecule has 0 saturated heterocycles. The number of sulfone groups is 1. The monoisotopic (exact) mass is 361 g/mol. The van der Waals surface area contributed by atoms with E-state index in [-0.39, 0.29) is 30.1 Å². The van der Waals surface area contributed by atoms with E-state index in [0.29, 0.717) is 16.7 Å². The predicted octanol–water partition coefficient (Wildman–Crippen LogP) is 3.18. The Bertz CT molecular complexity index is 891. The van der Waals surface area contributed by atoms with Crippen molar-refractivity contribution in [1.82, 2.24) is 4.90 Å². The van der Waals surface area contributed by atoms with Crippen molar-refractivity contribution < 1.29 is 17.6 Å². The summed E-state index contributed by atoms with van der Waals surface area (Å²) in [6, 6.07) is 13.2. The number of hydrogen-bond acceptors (Lipinski definition) is 3. The molecule has 2 aromatic rings. The Morgan fingerprint density at radius 1 is 1.16 bits per heavy atom. The van der Waals surface area contributed by atoms with Crippen molar-refractivity contribution in [2.24, 2.45) is 0 Å². The molecule has 0 unspecified atom stereocenters. The second-order valence-corrected chi connectivity index (χ2v) is 8.67. The van der Waals surface area contributed by atoms with Gasteiger partial charge in [-0.1, -0.05) is 30.3 Å². The number of rotatable bonds is 6. The Kier molecular flexibility index (Phi) is 4.90. The van der Waals surface area contributed by atoms with Crippen LogP contribution in [0.15, 0.2) is 48.5 Å². The minimum absolute atomic E-state index is 0.106. The average molecular weight is 361 g/mol. The molecule has 25 heavy (non-hydrogen) atoms. The molecule has 1 aliphatic rings. The zero-order valence-electron chi connectivity index (χ0n) is 14.0. The van der Waals surface area contributed by atoms with Gasteiger partial charge in [0.05, 0.1) is 5.75 Å². The molecule has 0 aliphatic heterocycles. The van der Waals surface area contributed by atoms with Gasteiger partial charge in [-0.05, 0) is 36.6 Å². The molecule has 0 atom stereocenters. The molecule has 0 radical (unpaired) electrons. The van der Waals surface area contributed by atoms with Crippen LogP contribution in [0, 0.1) is 5.82 Å². The van der Waals surface area contributed by atoms with Crippen LogP contribution in [-0.2, 0) is 22.1 Å². The van der Waals surface area contributed by atoms with Crippen LogP contribution >= 0.6 is 0 Å². The number of hydrogen-bond donors (Lipinski definition) is 0. The highest BCUT2D eigenvalue weighted by Crippen LogP contribution is 2.30. The summed E-state index contributed by atoms with van der Waals surface area (Å²) in [5.74, 6) is -0.627. The Morgan fingerprint density at radius 2 is 1.88 bits per heavy atom. The highest BCUT2D eigenvalue weighted by atomic mass is 32.2. The molecular formula is C19H20FNO3S. The van der Waals surface area contributed by atoms with Crippen LogP contribution < -0.4 is 0 Å². The van der Waals surface area contributed by atoms with E-state index in [1.807, 2.05) is 0 Å². The summed E-state index contributed by atoms with van der Waals surface area (Å²) in [5, 5.41) is 0. The van der Waals surface area contributed by atoms with Gasteiger partial charge in [0.15, 0.2) is 9.84 Å². The van der Waals surface area contributed by atoms with Crippen LogP contribution in [0.25, 0.3) is 0 Å². The number of carbonyl (C=O) groups is 1. The van der Waals surface area contributed by atoms with E-state index >= 15 is 0 Å². The van der Waals surface area contributed by atoms with Crippen molar-refractivity contribution in [3.63, 3.8) is 0 Å². The molecule has 1 aliphatic carbocycles. The van der Waals surface area contributed by atoms with E-state index in [0.717, 1.165) is 19.1 Å². The molecule has 1 fully saturated rings. The van der Waals surface area contributed by atoms with Crippen molar-refractivity contribution >= 4 is 15.7 Å². The highest BCUT2D eigenvalue weighted by molar-refractivity contribution is 7.89. The molecule has 1 amide bonds. The van der Waals surface area contributed by atoms with E-state index in [1.54, 1.807) is 47.4 Å². The zero-order valence-corrected chi connectivity index (χ0v) is 14.8. The quantitative estimate of drug-likeness (QED) is 0.794. The van der Waals surface area contributed by atoms with Crippen molar-refractivity contribution in [1.29, 1.82) is 0 Å². The summed E-state index contributed by atoms with van der Waals surface area (Å²) in [5.41, 5.74) is 1.49. The van der Waals surface area contributed by atoms with Gasteiger partial charge in [0.1, 0.15) is 5.82 Å². The van der Waals surface area contributed by atoms with Gasteiger partial charge in [0.25, 0.3) is 5.91 Å². The van der Waals surface area contributed by atoms with Crippen LogP contribution in [0.5, 0.6) is 0 Å². The van der Waals surface area contributed by atoms with Crippen LogP contribution in [0.1, 0.15) is 34.3 Å². The molecule has 0 N–H and O–H groups in total. The number of amides is 1. The van der Waals surface area contributed by atoms with Crippen LogP contribution in [0.2, 0.25) is 0 Å². The largest absolute Gasteiger partial charge is 0.331 e. The third-order valence-electron chi connectivity index (χ3n) is 4.15. The molecule has 0 aromatic heterocycles. The smallest absolute Gasteiger partial charge is 0.254 e. The molecule has 1 saturated carbocycles. The Hall–Kier alpha value is -2.21. The van der Waals surface area contributed by atoms with Crippen LogP contribution in [0.3, 0.4) is 0 Å². The van der Waals surface area contributed by atoms with E-state index in [4.69, 9.17) is 0 Å². The van der Waals surface area contributed by atoms with Crippen molar-refractivity contribution in [2.45, 2.75) is 31.2 Å². The fourth-order valence-corrected chi connectivity index (χ4v) is 3.61. The lowest BCUT2D eigenvalue weighted by Gasteiger charge is -2.23. The minimum Gasteiger partial charge on any atom is -0.331 e. The Balaban J connectivity index is 1.84. The third kappa shape index (κ3) is 4.66. The lowest BCUT2D eigenvalue weighted by Crippen LogP contribution is -2.33. The first-order chi connectivity index (χ1) is 11.8. The summed E-state index contributed by atoms with van der Waals surface area (Å²) in [6.07, 6.45) is 2.97. The van der Waals surface area contributed by atoms with E-state index in [1.165, 1.54) is 6.07 Å². The van der Waals surface area contributed by atoms with E-state index < -0.39 is 9.84 Å². The van der Waals surface area contributed by atoms with Crippen molar-refractivity contribution in [2.75, 3.05) is 6.26 Å². The Labute approximate surface area is 147 Å². The molecular weight excluding hydrogens is 341 g/mol. The second kappa shape index (κ2) is 6.96. The fourth-order valence-electron chi connectivity index (χ4n) is 2.83. The normalized spacial score (nSPS) is 14.3. The molecule has 3 rings (SSSR count). The van der Waals surface area contributed by atoms with Gasteiger partial charge < -0.3 is 4.90 Å². The lowest BCUT2D eigenvalue weighted by atomic mass is 10.1. The third-order valence-corrected chi connectivity index (χ3v) is 5.01. The van der Waals surface area contributed by atoms with Crippen LogP contribution in [0.4, 0.5) is 4.39 Å². The average Bonchev–Trinajstić information content (AvgIpc) is 3.37. The highest BCUT2D eigenvalue weighted by Gasteiger charge is 2.33. The molecule has 6 heteroatoms. The maximum Gasteiger partial charge on any atom is 0.254 e. The van der Waals surface area contributed by atoms with Gasteiger partial charge in [0.2, 0.25) is 0 Å². The number of benzene rings is 2. The molecule has 0 heterocycles. The number of nitrogens with zero attached hydrogens (tertiary/aromatic N) is 1. The predicted molar refractivity (Wildman–Crippen MR) is 94.3 cm³/mol. The molecule has 0 spiro atoms.